The molecule has 2 heterocycles. The van der Waals surface area contributed by atoms with Crippen molar-refractivity contribution in [2.24, 2.45) is 7.05 Å². The Hall–Kier alpha value is -1.75. The van der Waals surface area contributed by atoms with Crippen LogP contribution in [0.3, 0.4) is 0 Å². The monoisotopic (exact) mass is 217 g/mol. The van der Waals surface area contributed by atoms with Crippen molar-refractivity contribution in [1.82, 2.24) is 25.1 Å². The van der Waals surface area contributed by atoms with Crippen molar-refractivity contribution in [3.05, 3.63) is 42.2 Å². The van der Waals surface area contributed by atoms with Crippen molar-refractivity contribution in [3.8, 4) is 0 Å². The fourth-order valence-electron chi connectivity index (χ4n) is 1.44. The van der Waals surface area contributed by atoms with E-state index >= 15 is 0 Å². The Morgan fingerprint density at radius 1 is 1.44 bits per heavy atom. The van der Waals surface area contributed by atoms with E-state index in [2.05, 4.69) is 26.4 Å². The third kappa shape index (κ3) is 3.13. The first-order valence-electron chi connectivity index (χ1n) is 5.29. The highest BCUT2D eigenvalue weighted by molar-refractivity contribution is 5.08. The Morgan fingerprint density at radius 3 is 3.06 bits per heavy atom. The maximum atomic E-state index is 4.19. The summed E-state index contributed by atoms with van der Waals surface area (Å²) in [6.07, 6.45) is 6.36. The summed E-state index contributed by atoms with van der Waals surface area (Å²) < 4.78 is 1.71. The molecular formula is C11H15N5. The van der Waals surface area contributed by atoms with E-state index in [9.17, 15) is 0 Å². The first kappa shape index (κ1) is 10.8. The molecule has 1 N–H and O–H groups in total. The second-order valence-electron chi connectivity index (χ2n) is 3.62. The summed E-state index contributed by atoms with van der Waals surface area (Å²) in [7, 11) is 1.87. The number of pyridine rings is 1. The van der Waals surface area contributed by atoms with Crippen LogP contribution in [-0.4, -0.2) is 26.3 Å². The van der Waals surface area contributed by atoms with Gasteiger partial charge in [0, 0.05) is 19.4 Å². The van der Waals surface area contributed by atoms with Crippen molar-refractivity contribution < 1.29 is 0 Å². The summed E-state index contributed by atoms with van der Waals surface area (Å²) in [6.45, 7) is 1.62. The lowest BCUT2D eigenvalue weighted by Gasteiger charge is -2.01. The molecule has 0 unspecified atom stereocenters. The number of aromatic nitrogens is 4. The molecule has 0 saturated carbocycles. The van der Waals surface area contributed by atoms with Crippen molar-refractivity contribution in [2.45, 2.75) is 13.0 Å². The molecule has 5 heteroatoms. The quantitative estimate of drug-likeness (QED) is 0.743. The normalized spacial score (nSPS) is 10.6. The van der Waals surface area contributed by atoms with E-state index in [-0.39, 0.29) is 0 Å². The molecule has 2 aromatic rings. The Kier molecular flexibility index (Phi) is 3.61. The zero-order valence-corrected chi connectivity index (χ0v) is 9.30. The number of hydrogen-bond acceptors (Lipinski definition) is 4. The van der Waals surface area contributed by atoms with Gasteiger partial charge in [-0.2, -0.15) is 5.10 Å². The van der Waals surface area contributed by atoms with Gasteiger partial charge in [0.25, 0.3) is 0 Å². The maximum Gasteiger partial charge on any atom is 0.164 e. The van der Waals surface area contributed by atoms with E-state index in [4.69, 9.17) is 0 Å². The van der Waals surface area contributed by atoms with E-state index in [1.165, 1.54) is 5.56 Å². The van der Waals surface area contributed by atoms with Crippen LogP contribution >= 0.6 is 0 Å². The topological polar surface area (TPSA) is 55.6 Å². The fourth-order valence-corrected chi connectivity index (χ4v) is 1.44. The Morgan fingerprint density at radius 2 is 2.38 bits per heavy atom. The molecule has 0 fully saturated rings. The Bertz CT molecular complexity index is 423. The average Bonchev–Trinajstić information content (AvgIpc) is 2.72. The van der Waals surface area contributed by atoms with Gasteiger partial charge in [-0.1, -0.05) is 6.07 Å². The second kappa shape index (κ2) is 5.37. The fraction of sp³-hybridized carbons (Fsp3) is 0.364. The van der Waals surface area contributed by atoms with Gasteiger partial charge in [-0.3, -0.25) is 9.67 Å². The Balaban J connectivity index is 1.69. The summed E-state index contributed by atoms with van der Waals surface area (Å²) in [5.41, 5.74) is 1.24. The minimum Gasteiger partial charge on any atom is -0.309 e. The van der Waals surface area contributed by atoms with Crippen molar-refractivity contribution in [1.29, 1.82) is 0 Å². The molecule has 5 nitrogen and oxygen atoms in total. The molecule has 0 amide bonds. The van der Waals surface area contributed by atoms with Gasteiger partial charge in [-0.15, -0.1) is 0 Å². The van der Waals surface area contributed by atoms with Gasteiger partial charge in [0.05, 0.1) is 6.54 Å². The molecule has 0 saturated heterocycles. The molecule has 2 rings (SSSR count). The summed E-state index contributed by atoms with van der Waals surface area (Å²) in [5.74, 6) is 0.827. The smallest absolute Gasteiger partial charge is 0.164 e. The third-order valence-electron chi connectivity index (χ3n) is 2.24. The van der Waals surface area contributed by atoms with Gasteiger partial charge in [0.2, 0.25) is 0 Å². The second-order valence-corrected chi connectivity index (χ2v) is 3.62. The van der Waals surface area contributed by atoms with Crippen LogP contribution in [0, 0.1) is 0 Å². The SMILES string of the molecule is Cn1cnc(CNCCc2cccnc2)n1. The van der Waals surface area contributed by atoms with Crippen LogP contribution in [0.25, 0.3) is 0 Å². The van der Waals surface area contributed by atoms with Crippen LogP contribution in [0.15, 0.2) is 30.9 Å². The molecule has 0 aliphatic rings. The van der Waals surface area contributed by atoms with E-state index < -0.39 is 0 Å². The molecule has 0 radical (unpaired) electrons. The molecule has 84 valence electrons. The average molecular weight is 217 g/mol. The summed E-state index contributed by atoms with van der Waals surface area (Å²) in [4.78, 5) is 8.21. The van der Waals surface area contributed by atoms with Gasteiger partial charge in [0.15, 0.2) is 5.82 Å². The van der Waals surface area contributed by atoms with Gasteiger partial charge >= 0.3 is 0 Å². The number of aryl methyl sites for hydroxylation is 1. The first-order valence-corrected chi connectivity index (χ1v) is 5.29. The number of rotatable bonds is 5. The minimum atomic E-state index is 0.709. The van der Waals surface area contributed by atoms with Crippen LogP contribution in [0.5, 0.6) is 0 Å². The molecular weight excluding hydrogens is 202 g/mol. The lowest BCUT2D eigenvalue weighted by atomic mass is 10.2. The molecule has 0 bridgehead atoms. The lowest BCUT2D eigenvalue weighted by Crippen LogP contribution is -2.17. The van der Waals surface area contributed by atoms with Crippen LogP contribution < -0.4 is 5.32 Å². The molecule has 0 aliphatic carbocycles. The van der Waals surface area contributed by atoms with Crippen LogP contribution in [0.2, 0.25) is 0 Å². The van der Waals surface area contributed by atoms with Gasteiger partial charge in [0.1, 0.15) is 6.33 Å². The first-order chi connectivity index (χ1) is 7.84. The molecule has 0 atom stereocenters. The molecule has 0 aromatic carbocycles. The third-order valence-corrected chi connectivity index (χ3v) is 2.24. The predicted octanol–water partition coefficient (Wildman–Crippen LogP) is 0.542. The Labute approximate surface area is 94.5 Å². The molecule has 0 spiro atoms. The standard InChI is InChI=1S/C11H15N5/c1-16-9-14-11(15-16)8-13-6-4-10-3-2-5-12-7-10/h2-3,5,7,9,13H,4,6,8H2,1H3. The van der Waals surface area contributed by atoms with Crippen LogP contribution in [-0.2, 0) is 20.0 Å². The number of hydrogen-bond donors (Lipinski definition) is 1. The van der Waals surface area contributed by atoms with Gasteiger partial charge in [-0.25, -0.2) is 4.98 Å². The van der Waals surface area contributed by atoms with Crippen molar-refractivity contribution in [3.63, 3.8) is 0 Å². The van der Waals surface area contributed by atoms with E-state index in [1.807, 2.05) is 19.3 Å². The highest BCUT2D eigenvalue weighted by atomic mass is 15.3. The molecule has 2 aromatic heterocycles. The van der Waals surface area contributed by atoms with Crippen molar-refractivity contribution >= 4 is 0 Å². The van der Waals surface area contributed by atoms with E-state index in [0.29, 0.717) is 6.54 Å². The van der Waals surface area contributed by atoms with Crippen LogP contribution in [0.4, 0.5) is 0 Å². The zero-order valence-electron chi connectivity index (χ0n) is 9.30. The van der Waals surface area contributed by atoms with E-state index in [0.717, 1.165) is 18.8 Å². The highest BCUT2D eigenvalue weighted by Gasteiger charge is 1.97. The van der Waals surface area contributed by atoms with Crippen molar-refractivity contribution in [2.75, 3.05) is 6.54 Å². The maximum absolute atomic E-state index is 4.19. The summed E-state index contributed by atoms with van der Waals surface area (Å²) in [5, 5.41) is 7.48. The highest BCUT2D eigenvalue weighted by Crippen LogP contribution is 1.95. The molecule has 16 heavy (non-hydrogen) atoms. The zero-order chi connectivity index (χ0) is 11.2. The van der Waals surface area contributed by atoms with E-state index in [1.54, 1.807) is 17.2 Å². The number of nitrogens with one attached hydrogen (secondary N) is 1. The molecule has 0 aliphatic heterocycles. The number of nitrogens with zero attached hydrogens (tertiary/aromatic N) is 4. The summed E-state index contributed by atoms with van der Waals surface area (Å²) in [6, 6.07) is 4.03. The summed E-state index contributed by atoms with van der Waals surface area (Å²) >= 11 is 0. The predicted molar refractivity (Wildman–Crippen MR) is 60.7 cm³/mol. The van der Waals surface area contributed by atoms with Gasteiger partial charge in [-0.05, 0) is 24.6 Å². The minimum absolute atomic E-state index is 0.709. The largest absolute Gasteiger partial charge is 0.309 e. The van der Waals surface area contributed by atoms with Crippen LogP contribution in [0.1, 0.15) is 11.4 Å². The lowest BCUT2D eigenvalue weighted by molar-refractivity contribution is 0.647. The van der Waals surface area contributed by atoms with Gasteiger partial charge < -0.3 is 5.32 Å².